The van der Waals surface area contributed by atoms with Crippen LogP contribution in [0.3, 0.4) is 0 Å². The summed E-state index contributed by atoms with van der Waals surface area (Å²) >= 11 is 0. The van der Waals surface area contributed by atoms with Crippen LogP contribution in [0.1, 0.15) is 24.6 Å². The highest BCUT2D eigenvalue weighted by atomic mass is 16.5. The van der Waals surface area contributed by atoms with Crippen molar-refractivity contribution >= 4 is 5.95 Å². The Kier molecular flexibility index (Phi) is 4.76. The lowest BCUT2D eigenvalue weighted by molar-refractivity contribution is 0.122. The molecule has 0 saturated carbocycles. The van der Waals surface area contributed by atoms with Crippen molar-refractivity contribution in [2.75, 3.05) is 32.6 Å². The summed E-state index contributed by atoms with van der Waals surface area (Å²) in [5.41, 5.74) is 1.26. The number of anilines is 1. The molecule has 1 aliphatic rings. The molecular formula is C16H24N6O. The summed E-state index contributed by atoms with van der Waals surface area (Å²) in [6.45, 7) is 1.94. The Balaban J connectivity index is 1.73. The lowest BCUT2D eigenvalue weighted by atomic mass is 9.87. The predicted octanol–water partition coefficient (Wildman–Crippen LogP) is 1.71. The maximum absolute atomic E-state index is 5.15. The highest BCUT2D eigenvalue weighted by molar-refractivity contribution is 5.27. The number of hydrogen-bond donors (Lipinski definition) is 1. The average molecular weight is 316 g/mol. The highest BCUT2D eigenvalue weighted by Crippen LogP contribution is 2.34. The molecule has 7 heteroatoms. The Bertz CT molecular complexity index is 643. The van der Waals surface area contributed by atoms with E-state index in [-0.39, 0.29) is 0 Å². The van der Waals surface area contributed by atoms with Gasteiger partial charge in [0.25, 0.3) is 0 Å². The molecular weight excluding hydrogens is 292 g/mol. The molecule has 3 rings (SSSR count). The molecule has 2 aromatic heterocycles. The zero-order valence-electron chi connectivity index (χ0n) is 13.9. The van der Waals surface area contributed by atoms with Gasteiger partial charge in [-0.15, -0.1) is 0 Å². The SMILES string of the molecule is COc1ccnc(NC[C@@H]2CCCN(C)[C@H]2c2cncn2C)n1. The number of imidazole rings is 1. The third-order valence-electron chi connectivity index (χ3n) is 4.53. The smallest absolute Gasteiger partial charge is 0.225 e. The first-order valence-electron chi connectivity index (χ1n) is 7.96. The maximum atomic E-state index is 5.15. The first kappa shape index (κ1) is 15.7. The second-order valence-electron chi connectivity index (χ2n) is 6.06. The minimum absolute atomic E-state index is 0.356. The lowest BCUT2D eigenvalue weighted by Gasteiger charge is -2.39. The second-order valence-corrected chi connectivity index (χ2v) is 6.06. The Morgan fingerprint density at radius 1 is 1.39 bits per heavy atom. The van der Waals surface area contributed by atoms with Crippen LogP contribution in [0.15, 0.2) is 24.8 Å². The van der Waals surface area contributed by atoms with Gasteiger partial charge in [-0.25, -0.2) is 9.97 Å². The Labute approximate surface area is 136 Å². The van der Waals surface area contributed by atoms with E-state index in [1.54, 1.807) is 19.4 Å². The topological polar surface area (TPSA) is 68.1 Å². The van der Waals surface area contributed by atoms with Crippen LogP contribution in [-0.2, 0) is 7.05 Å². The first-order chi connectivity index (χ1) is 11.2. The number of methoxy groups -OCH3 is 1. The van der Waals surface area contributed by atoms with E-state index in [1.807, 2.05) is 12.5 Å². The van der Waals surface area contributed by atoms with E-state index in [0.29, 0.717) is 23.8 Å². The van der Waals surface area contributed by atoms with E-state index in [4.69, 9.17) is 4.74 Å². The van der Waals surface area contributed by atoms with Gasteiger partial charge in [-0.3, -0.25) is 4.90 Å². The van der Waals surface area contributed by atoms with Gasteiger partial charge in [0.2, 0.25) is 11.8 Å². The maximum Gasteiger partial charge on any atom is 0.225 e. The van der Waals surface area contributed by atoms with Crippen molar-refractivity contribution in [1.29, 1.82) is 0 Å². The molecule has 0 spiro atoms. The highest BCUT2D eigenvalue weighted by Gasteiger charge is 2.32. The normalized spacial score (nSPS) is 22.0. The molecule has 0 aliphatic carbocycles. The minimum Gasteiger partial charge on any atom is -0.481 e. The summed E-state index contributed by atoms with van der Waals surface area (Å²) in [6.07, 6.45) is 7.93. The summed E-state index contributed by atoms with van der Waals surface area (Å²) in [7, 11) is 5.85. The Morgan fingerprint density at radius 3 is 3.00 bits per heavy atom. The van der Waals surface area contributed by atoms with Crippen LogP contribution in [-0.4, -0.2) is 51.7 Å². The molecule has 0 amide bonds. The molecule has 1 fully saturated rings. The van der Waals surface area contributed by atoms with Crippen LogP contribution < -0.4 is 10.1 Å². The number of ether oxygens (including phenoxy) is 1. The Morgan fingerprint density at radius 2 is 2.26 bits per heavy atom. The molecule has 0 radical (unpaired) electrons. The van der Waals surface area contributed by atoms with Gasteiger partial charge in [0.15, 0.2) is 0 Å². The molecule has 1 aliphatic heterocycles. The molecule has 1 N–H and O–H groups in total. The zero-order valence-corrected chi connectivity index (χ0v) is 13.9. The number of aryl methyl sites for hydroxylation is 1. The number of nitrogens with one attached hydrogen (secondary N) is 1. The summed E-state index contributed by atoms with van der Waals surface area (Å²) in [6, 6.07) is 2.10. The molecule has 2 atom stereocenters. The van der Waals surface area contributed by atoms with E-state index in [0.717, 1.165) is 13.1 Å². The fraction of sp³-hybridized carbons (Fsp3) is 0.562. The van der Waals surface area contributed by atoms with Gasteiger partial charge in [0.05, 0.1) is 25.2 Å². The van der Waals surface area contributed by atoms with Gasteiger partial charge in [-0.1, -0.05) is 0 Å². The number of hydrogen-bond acceptors (Lipinski definition) is 6. The van der Waals surface area contributed by atoms with Crippen molar-refractivity contribution < 1.29 is 4.74 Å². The van der Waals surface area contributed by atoms with E-state index in [2.05, 4.69) is 43.8 Å². The predicted molar refractivity (Wildman–Crippen MR) is 88.4 cm³/mol. The average Bonchev–Trinajstić information content (AvgIpc) is 2.99. The minimum atomic E-state index is 0.356. The Hall–Kier alpha value is -2.15. The number of likely N-dealkylation sites (tertiary alicyclic amines) is 1. The van der Waals surface area contributed by atoms with Crippen molar-refractivity contribution in [2.24, 2.45) is 13.0 Å². The van der Waals surface area contributed by atoms with Crippen molar-refractivity contribution in [3.05, 3.63) is 30.5 Å². The molecule has 2 aromatic rings. The largest absolute Gasteiger partial charge is 0.481 e. The summed E-state index contributed by atoms with van der Waals surface area (Å²) in [4.78, 5) is 15.3. The van der Waals surface area contributed by atoms with E-state index in [9.17, 15) is 0 Å². The van der Waals surface area contributed by atoms with Crippen LogP contribution in [0, 0.1) is 5.92 Å². The van der Waals surface area contributed by atoms with Gasteiger partial charge >= 0.3 is 0 Å². The van der Waals surface area contributed by atoms with Gasteiger partial charge < -0.3 is 14.6 Å². The molecule has 124 valence electrons. The zero-order chi connectivity index (χ0) is 16.2. The molecule has 0 unspecified atom stereocenters. The van der Waals surface area contributed by atoms with Crippen LogP contribution in [0.2, 0.25) is 0 Å². The first-order valence-corrected chi connectivity index (χ1v) is 7.96. The van der Waals surface area contributed by atoms with Crippen LogP contribution in [0.4, 0.5) is 5.95 Å². The molecule has 0 aromatic carbocycles. The van der Waals surface area contributed by atoms with Gasteiger partial charge in [-0.2, -0.15) is 4.98 Å². The second kappa shape index (κ2) is 6.95. The van der Waals surface area contributed by atoms with Gasteiger partial charge in [0, 0.05) is 32.1 Å². The fourth-order valence-corrected chi connectivity index (χ4v) is 3.36. The van der Waals surface area contributed by atoms with E-state index in [1.165, 1.54) is 18.5 Å². The molecule has 3 heterocycles. The molecule has 1 saturated heterocycles. The van der Waals surface area contributed by atoms with Gasteiger partial charge in [-0.05, 0) is 32.4 Å². The summed E-state index contributed by atoms with van der Waals surface area (Å²) in [5, 5.41) is 3.36. The van der Waals surface area contributed by atoms with Crippen LogP contribution in [0.5, 0.6) is 5.88 Å². The lowest BCUT2D eigenvalue weighted by Crippen LogP contribution is -2.39. The van der Waals surface area contributed by atoms with Crippen LogP contribution in [0.25, 0.3) is 0 Å². The standard InChI is InChI=1S/C16H24N6O/c1-21-8-4-5-12(15(21)13-10-17-11-22(13)2)9-19-16-18-7-6-14(20-16)23-3/h6-7,10-12,15H,4-5,8-9H2,1-3H3,(H,18,19,20)/t12-,15+/m0/s1. The monoisotopic (exact) mass is 316 g/mol. The van der Waals surface area contributed by atoms with Crippen molar-refractivity contribution in [3.8, 4) is 5.88 Å². The van der Waals surface area contributed by atoms with E-state index >= 15 is 0 Å². The molecule has 0 bridgehead atoms. The summed E-state index contributed by atoms with van der Waals surface area (Å²) in [5.74, 6) is 1.67. The molecule has 7 nitrogen and oxygen atoms in total. The molecule has 23 heavy (non-hydrogen) atoms. The number of nitrogens with zero attached hydrogens (tertiary/aromatic N) is 5. The van der Waals surface area contributed by atoms with Crippen molar-refractivity contribution in [1.82, 2.24) is 24.4 Å². The fourth-order valence-electron chi connectivity index (χ4n) is 3.36. The van der Waals surface area contributed by atoms with Gasteiger partial charge in [0.1, 0.15) is 0 Å². The number of rotatable bonds is 5. The number of piperidine rings is 1. The van der Waals surface area contributed by atoms with Crippen molar-refractivity contribution in [3.63, 3.8) is 0 Å². The quantitative estimate of drug-likeness (QED) is 0.906. The third-order valence-corrected chi connectivity index (χ3v) is 4.53. The summed E-state index contributed by atoms with van der Waals surface area (Å²) < 4.78 is 7.26. The van der Waals surface area contributed by atoms with Crippen LogP contribution >= 0.6 is 0 Å². The number of aromatic nitrogens is 4. The van der Waals surface area contributed by atoms with E-state index < -0.39 is 0 Å². The van der Waals surface area contributed by atoms with Crippen molar-refractivity contribution in [2.45, 2.75) is 18.9 Å². The third kappa shape index (κ3) is 3.44.